The number of carbonyl (C=O) groups excluding carboxylic acids is 2. The van der Waals surface area contributed by atoms with Crippen molar-refractivity contribution in [3.05, 3.63) is 29.3 Å². The van der Waals surface area contributed by atoms with Crippen molar-refractivity contribution in [3.8, 4) is 5.75 Å². The van der Waals surface area contributed by atoms with Crippen LogP contribution in [-0.4, -0.2) is 73.5 Å². The second-order valence-corrected chi connectivity index (χ2v) is 7.59. The van der Waals surface area contributed by atoms with Crippen LogP contribution in [-0.2, 0) is 22.6 Å². The predicted octanol–water partition coefficient (Wildman–Crippen LogP) is 0.380. The summed E-state index contributed by atoms with van der Waals surface area (Å²) >= 11 is 0. The number of ether oxygens (including phenoxy) is 1. The van der Waals surface area contributed by atoms with Crippen LogP contribution in [0.5, 0.6) is 5.75 Å². The van der Waals surface area contributed by atoms with E-state index in [1.807, 2.05) is 13.8 Å². The number of carbonyl (C=O) groups is 2. The van der Waals surface area contributed by atoms with Crippen LogP contribution < -0.4 is 15.4 Å². The lowest BCUT2D eigenvalue weighted by molar-refractivity contribution is -0.127. The third kappa shape index (κ3) is 5.94. The number of piperazine rings is 1. The summed E-state index contributed by atoms with van der Waals surface area (Å²) < 4.78 is 5.56. The lowest BCUT2D eigenvalue weighted by atomic mass is 10.1. The molecule has 3 rings (SSSR count). The zero-order chi connectivity index (χ0) is 19.2. The first-order valence-electron chi connectivity index (χ1n) is 9.75. The smallest absolute Gasteiger partial charge is 0.239 e. The second kappa shape index (κ2) is 9.19. The molecule has 2 amide bonds. The Morgan fingerprint density at radius 1 is 1.11 bits per heavy atom. The number of nitrogens with zero attached hydrogens (tertiary/aromatic N) is 2. The minimum atomic E-state index is -0.150. The van der Waals surface area contributed by atoms with E-state index < -0.39 is 0 Å². The molecular formula is C20H30N4O3. The number of hydrogen-bond donors (Lipinski definition) is 2. The van der Waals surface area contributed by atoms with Crippen molar-refractivity contribution >= 4 is 11.8 Å². The Balaban J connectivity index is 1.36. The molecule has 0 radical (unpaired) electrons. The number of amides is 2. The average Bonchev–Trinajstić information content (AvgIpc) is 3.09. The van der Waals surface area contributed by atoms with Crippen LogP contribution in [0.1, 0.15) is 25.0 Å². The highest BCUT2D eigenvalue weighted by Crippen LogP contribution is 2.26. The molecule has 0 bridgehead atoms. The fourth-order valence-corrected chi connectivity index (χ4v) is 3.51. The lowest BCUT2D eigenvalue weighted by Crippen LogP contribution is -2.50. The summed E-state index contributed by atoms with van der Waals surface area (Å²) in [5.74, 6) is 0.778. The summed E-state index contributed by atoms with van der Waals surface area (Å²) in [5, 5.41) is 5.46. The quantitative estimate of drug-likeness (QED) is 0.722. The second-order valence-electron chi connectivity index (χ2n) is 7.59. The van der Waals surface area contributed by atoms with E-state index in [0.29, 0.717) is 6.54 Å². The Labute approximate surface area is 161 Å². The zero-order valence-electron chi connectivity index (χ0n) is 16.3. The van der Waals surface area contributed by atoms with Crippen molar-refractivity contribution in [1.82, 2.24) is 20.4 Å². The molecule has 1 aromatic rings. The van der Waals surface area contributed by atoms with Gasteiger partial charge in [0, 0.05) is 45.2 Å². The van der Waals surface area contributed by atoms with Crippen LogP contribution in [0.25, 0.3) is 0 Å². The number of nitrogens with one attached hydrogen (secondary N) is 2. The largest absolute Gasteiger partial charge is 0.493 e. The fourth-order valence-electron chi connectivity index (χ4n) is 3.51. The molecule has 0 aliphatic carbocycles. The number of rotatable bonds is 7. The van der Waals surface area contributed by atoms with Crippen molar-refractivity contribution in [2.45, 2.75) is 32.9 Å². The van der Waals surface area contributed by atoms with Crippen molar-refractivity contribution in [3.63, 3.8) is 0 Å². The summed E-state index contributed by atoms with van der Waals surface area (Å²) in [7, 11) is 0. The first-order valence-corrected chi connectivity index (χ1v) is 9.75. The normalized spacial score (nSPS) is 17.4. The van der Waals surface area contributed by atoms with Gasteiger partial charge in [-0.15, -0.1) is 0 Å². The highest BCUT2D eigenvalue weighted by atomic mass is 16.5. The van der Waals surface area contributed by atoms with E-state index in [4.69, 9.17) is 4.74 Å². The van der Waals surface area contributed by atoms with E-state index in [1.54, 1.807) is 0 Å². The molecule has 7 nitrogen and oxygen atoms in total. The lowest BCUT2D eigenvalue weighted by Gasteiger charge is -2.34. The molecule has 2 aliphatic rings. The molecule has 2 N–H and O–H groups in total. The Bertz CT molecular complexity index is 669. The first kappa shape index (κ1) is 19.6. The molecule has 0 unspecified atom stereocenters. The first-order chi connectivity index (χ1) is 13.0. The van der Waals surface area contributed by atoms with E-state index in [0.717, 1.165) is 51.5 Å². The molecular weight excluding hydrogens is 344 g/mol. The van der Waals surface area contributed by atoms with Crippen molar-refractivity contribution in [2.75, 3.05) is 45.9 Å². The molecule has 1 fully saturated rings. The van der Waals surface area contributed by atoms with Crippen LogP contribution >= 0.6 is 0 Å². The standard InChI is InChI=1S/C20H30N4O3/c1-15(2)22-19(25)12-21-20(26)14-24-8-6-23(7-9-24)13-16-3-4-18-17(11-16)5-10-27-18/h3-4,11,15H,5-10,12-14H2,1-2H3,(H,21,26)(H,22,25). The van der Waals surface area contributed by atoms with Gasteiger partial charge in [-0.2, -0.15) is 0 Å². The molecule has 0 spiro atoms. The zero-order valence-corrected chi connectivity index (χ0v) is 16.3. The van der Waals surface area contributed by atoms with Gasteiger partial charge in [-0.05, 0) is 31.0 Å². The Kier molecular flexibility index (Phi) is 6.68. The van der Waals surface area contributed by atoms with Crippen molar-refractivity contribution < 1.29 is 14.3 Å². The minimum absolute atomic E-state index is 0.0407. The molecule has 2 aliphatic heterocycles. The molecule has 1 saturated heterocycles. The molecule has 27 heavy (non-hydrogen) atoms. The van der Waals surface area contributed by atoms with Gasteiger partial charge < -0.3 is 15.4 Å². The van der Waals surface area contributed by atoms with Gasteiger partial charge in [0.2, 0.25) is 11.8 Å². The molecule has 1 aromatic carbocycles. The van der Waals surface area contributed by atoms with E-state index in [1.165, 1.54) is 11.1 Å². The van der Waals surface area contributed by atoms with Gasteiger partial charge in [-0.1, -0.05) is 12.1 Å². The molecule has 2 heterocycles. The molecule has 7 heteroatoms. The summed E-state index contributed by atoms with van der Waals surface area (Å²) in [6.07, 6.45) is 1.00. The highest BCUT2D eigenvalue weighted by Gasteiger charge is 2.20. The highest BCUT2D eigenvalue weighted by molar-refractivity contribution is 5.85. The van der Waals surface area contributed by atoms with Gasteiger partial charge in [0.15, 0.2) is 0 Å². The molecule has 148 valence electrons. The summed E-state index contributed by atoms with van der Waals surface area (Å²) in [5.41, 5.74) is 2.63. The minimum Gasteiger partial charge on any atom is -0.493 e. The van der Waals surface area contributed by atoms with Crippen LogP contribution in [0, 0.1) is 0 Å². The Morgan fingerprint density at radius 2 is 1.85 bits per heavy atom. The third-order valence-electron chi connectivity index (χ3n) is 4.89. The summed E-state index contributed by atoms with van der Waals surface area (Å²) in [6.45, 7) is 9.51. The number of fused-ring (bicyclic) bond motifs is 1. The van der Waals surface area contributed by atoms with E-state index >= 15 is 0 Å². The molecule has 0 aromatic heterocycles. The topological polar surface area (TPSA) is 73.9 Å². The van der Waals surface area contributed by atoms with E-state index in [-0.39, 0.29) is 24.4 Å². The summed E-state index contributed by atoms with van der Waals surface area (Å²) in [6, 6.07) is 6.56. The fraction of sp³-hybridized carbons (Fsp3) is 0.600. The van der Waals surface area contributed by atoms with Gasteiger partial charge in [0.25, 0.3) is 0 Å². The summed E-state index contributed by atoms with van der Waals surface area (Å²) in [4.78, 5) is 28.2. The van der Waals surface area contributed by atoms with Gasteiger partial charge in [0.05, 0.1) is 19.7 Å². The monoisotopic (exact) mass is 374 g/mol. The van der Waals surface area contributed by atoms with Crippen LogP contribution in [0.2, 0.25) is 0 Å². The van der Waals surface area contributed by atoms with E-state index in [9.17, 15) is 9.59 Å². The van der Waals surface area contributed by atoms with E-state index in [2.05, 4.69) is 38.6 Å². The van der Waals surface area contributed by atoms with Gasteiger partial charge in [0.1, 0.15) is 5.75 Å². The van der Waals surface area contributed by atoms with Crippen molar-refractivity contribution in [1.29, 1.82) is 0 Å². The maximum Gasteiger partial charge on any atom is 0.239 e. The van der Waals surface area contributed by atoms with Crippen molar-refractivity contribution in [2.24, 2.45) is 0 Å². The Morgan fingerprint density at radius 3 is 2.59 bits per heavy atom. The predicted molar refractivity (Wildman–Crippen MR) is 104 cm³/mol. The SMILES string of the molecule is CC(C)NC(=O)CNC(=O)CN1CCN(Cc2ccc3c(c2)CCO3)CC1. The molecule has 0 atom stereocenters. The van der Waals surface area contributed by atoms with Gasteiger partial charge in [-0.25, -0.2) is 0 Å². The molecule has 0 saturated carbocycles. The van der Waals surface area contributed by atoms with Crippen LogP contribution in [0.15, 0.2) is 18.2 Å². The maximum absolute atomic E-state index is 12.0. The van der Waals surface area contributed by atoms with Gasteiger partial charge >= 0.3 is 0 Å². The Hall–Kier alpha value is -2.12. The average molecular weight is 374 g/mol. The number of benzene rings is 1. The number of hydrogen-bond acceptors (Lipinski definition) is 5. The van der Waals surface area contributed by atoms with Gasteiger partial charge in [-0.3, -0.25) is 19.4 Å². The maximum atomic E-state index is 12.0. The third-order valence-corrected chi connectivity index (χ3v) is 4.89. The van der Waals surface area contributed by atoms with Crippen LogP contribution in [0.4, 0.5) is 0 Å². The van der Waals surface area contributed by atoms with Crippen LogP contribution in [0.3, 0.4) is 0 Å².